The summed E-state index contributed by atoms with van der Waals surface area (Å²) in [5, 5.41) is -0.218. The topological polar surface area (TPSA) is 17.1 Å². The predicted octanol–water partition coefficient (Wildman–Crippen LogP) is 2.75. The lowest BCUT2D eigenvalue weighted by molar-refractivity contribution is -0.111. The fourth-order valence-electron chi connectivity index (χ4n) is 0.497. The molecule has 0 heterocycles. The molecule has 0 aliphatic heterocycles. The van der Waals surface area contributed by atoms with Crippen LogP contribution in [0.25, 0.3) is 0 Å². The first-order valence-electron chi connectivity index (χ1n) is 3.02. The van der Waals surface area contributed by atoms with Gasteiger partial charge in [-0.25, -0.2) is 0 Å². The number of carbonyl (C=O) groups excluding carboxylic acids is 1. The van der Waals surface area contributed by atoms with E-state index in [0.717, 1.165) is 19.3 Å². The minimum Gasteiger partial charge on any atom is -0.280 e. The molecule has 0 radical (unpaired) electrons. The van der Waals surface area contributed by atoms with Crippen molar-refractivity contribution in [3.05, 3.63) is 0 Å². The van der Waals surface area contributed by atoms with Crippen molar-refractivity contribution in [3.63, 3.8) is 0 Å². The van der Waals surface area contributed by atoms with Gasteiger partial charge in [0.05, 0.1) is 3.92 Å². The second-order valence-corrected chi connectivity index (χ2v) is 3.79. The molecule has 0 N–H and O–H groups in total. The molecule has 0 spiro atoms. The molecule has 0 amide bonds. The molecule has 9 heavy (non-hydrogen) atoms. The Hall–Kier alpha value is 0.690. The number of hydrogen-bond acceptors (Lipinski definition) is 1. The molecule has 0 aromatic rings. The van der Waals surface area contributed by atoms with E-state index in [0.29, 0.717) is 0 Å². The van der Waals surface area contributed by atoms with E-state index in [-0.39, 0.29) is 9.17 Å². The number of unbranched alkanes of at least 4 members (excludes halogenated alkanes) is 1. The third kappa shape index (κ3) is 5.15. The molecule has 3 heteroatoms. The highest BCUT2D eigenvalue weighted by atomic mass is 127. The maximum Gasteiger partial charge on any atom is 0.234 e. The van der Waals surface area contributed by atoms with Gasteiger partial charge in [0, 0.05) is 0 Å². The number of hydrogen-bond donors (Lipinski definition) is 0. The van der Waals surface area contributed by atoms with E-state index in [9.17, 15) is 4.79 Å². The molecule has 0 bridgehead atoms. The average molecular weight is 261 g/mol. The zero-order valence-electron chi connectivity index (χ0n) is 5.36. The lowest BCUT2D eigenvalue weighted by Gasteiger charge is -2.00. The van der Waals surface area contributed by atoms with E-state index in [4.69, 9.17) is 11.6 Å². The maximum atomic E-state index is 10.4. The summed E-state index contributed by atoms with van der Waals surface area (Å²) in [6, 6.07) is 0. The minimum absolute atomic E-state index is 0.0178. The molecule has 1 atom stereocenters. The fraction of sp³-hybridized carbons (Fsp3) is 0.833. The SMILES string of the molecule is CCCCC(I)C(=O)Cl. The van der Waals surface area contributed by atoms with Crippen molar-refractivity contribution in [2.24, 2.45) is 0 Å². The Morgan fingerprint density at radius 3 is 2.67 bits per heavy atom. The summed E-state index contributed by atoms with van der Waals surface area (Å²) in [6.45, 7) is 2.10. The second kappa shape index (κ2) is 5.47. The fourth-order valence-corrected chi connectivity index (χ4v) is 1.05. The highest BCUT2D eigenvalue weighted by Crippen LogP contribution is 2.12. The summed E-state index contributed by atoms with van der Waals surface area (Å²) in [4.78, 5) is 10.4. The summed E-state index contributed by atoms with van der Waals surface area (Å²) in [7, 11) is 0. The lowest BCUT2D eigenvalue weighted by Crippen LogP contribution is -2.05. The number of rotatable bonds is 4. The van der Waals surface area contributed by atoms with Crippen LogP contribution in [0, 0.1) is 0 Å². The summed E-state index contributed by atoms with van der Waals surface area (Å²) in [6.07, 6.45) is 3.13. The third-order valence-electron chi connectivity index (χ3n) is 1.06. The Morgan fingerprint density at radius 1 is 1.78 bits per heavy atom. The van der Waals surface area contributed by atoms with Crippen LogP contribution in [-0.2, 0) is 4.79 Å². The van der Waals surface area contributed by atoms with Crippen LogP contribution >= 0.6 is 34.2 Å². The third-order valence-corrected chi connectivity index (χ3v) is 2.88. The van der Waals surface area contributed by atoms with E-state index < -0.39 is 0 Å². The van der Waals surface area contributed by atoms with Crippen LogP contribution in [0.15, 0.2) is 0 Å². The highest BCUT2D eigenvalue weighted by Gasteiger charge is 2.09. The van der Waals surface area contributed by atoms with Crippen molar-refractivity contribution in [2.45, 2.75) is 30.1 Å². The van der Waals surface area contributed by atoms with Crippen molar-refractivity contribution < 1.29 is 4.79 Å². The molecule has 0 saturated heterocycles. The maximum absolute atomic E-state index is 10.4. The van der Waals surface area contributed by atoms with Crippen LogP contribution in [0.3, 0.4) is 0 Å². The standard InChI is InChI=1S/C6H10ClIO/c1-2-3-4-5(8)6(7)9/h5H,2-4H2,1H3. The van der Waals surface area contributed by atoms with E-state index in [1.54, 1.807) is 0 Å². The molecule has 0 aromatic heterocycles. The van der Waals surface area contributed by atoms with Gasteiger partial charge in [-0.15, -0.1) is 0 Å². The Kier molecular flexibility index (Phi) is 5.89. The van der Waals surface area contributed by atoms with Crippen LogP contribution in [0.1, 0.15) is 26.2 Å². The van der Waals surface area contributed by atoms with Gasteiger partial charge in [0.15, 0.2) is 0 Å². The van der Waals surface area contributed by atoms with Gasteiger partial charge in [0.2, 0.25) is 5.24 Å². The van der Waals surface area contributed by atoms with Crippen LogP contribution in [0.5, 0.6) is 0 Å². The normalized spacial score (nSPS) is 13.2. The van der Waals surface area contributed by atoms with Gasteiger partial charge < -0.3 is 0 Å². The van der Waals surface area contributed by atoms with E-state index in [1.165, 1.54) is 0 Å². The first-order chi connectivity index (χ1) is 4.18. The molecule has 54 valence electrons. The van der Waals surface area contributed by atoms with Crippen molar-refractivity contribution in [1.29, 1.82) is 0 Å². The monoisotopic (exact) mass is 260 g/mol. The molecular formula is C6H10ClIO. The summed E-state index contributed by atoms with van der Waals surface area (Å²) >= 11 is 7.29. The predicted molar refractivity (Wildman–Crippen MR) is 48.2 cm³/mol. The smallest absolute Gasteiger partial charge is 0.234 e. The molecule has 0 fully saturated rings. The van der Waals surface area contributed by atoms with Crippen molar-refractivity contribution in [1.82, 2.24) is 0 Å². The second-order valence-electron chi connectivity index (χ2n) is 1.91. The Labute approximate surface area is 74.3 Å². The first kappa shape index (κ1) is 9.69. The van der Waals surface area contributed by atoms with Gasteiger partial charge in [-0.05, 0) is 18.0 Å². The van der Waals surface area contributed by atoms with Crippen LogP contribution in [0.2, 0.25) is 0 Å². The van der Waals surface area contributed by atoms with Gasteiger partial charge in [0.1, 0.15) is 0 Å². The van der Waals surface area contributed by atoms with Gasteiger partial charge in [-0.1, -0.05) is 42.4 Å². The summed E-state index contributed by atoms with van der Waals surface area (Å²) in [5.74, 6) is 0. The van der Waals surface area contributed by atoms with Gasteiger partial charge in [-0.2, -0.15) is 0 Å². The lowest BCUT2D eigenvalue weighted by atomic mass is 10.2. The zero-order chi connectivity index (χ0) is 7.28. The minimum atomic E-state index is -0.218. The number of alkyl halides is 1. The van der Waals surface area contributed by atoms with Gasteiger partial charge >= 0.3 is 0 Å². The Bertz CT molecular complexity index is 95.1. The van der Waals surface area contributed by atoms with Crippen molar-refractivity contribution in [2.75, 3.05) is 0 Å². The van der Waals surface area contributed by atoms with Crippen LogP contribution in [0.4, 0.5) is 0 Å². The molecule has 1 unspecified atom stereocenters. The van der Waals surface area contributed by atoms with Crippen molar-refractivity contribution in [3.8, 4) is 0 Å². The molecule has 0 rings (SSSR count). The average Bonchev–Trinajstić information content (AvgIpc) is 1.82. The molecule has 0 saturated carbocycles. The van der Waals surface area contributed by atoms with Crippen LogP contribution < -0.4 is 0 Å². The van der Waals surface area contributed by atoms with Gasteiger partial charge in [0.25, 0.3) is 0 Å². The van der Waals surface area contributed by atoms with E-state index in [2.05, 4.69) is 29.5 Å². The first-order valence-corrected chi connectivity index (χ1v) is 4.64. The number of carbonyl (C=O) groups is 1. The molecule has 0 aliphatic carbocycles. The van der Waals surface area contributed by atoms with Crippen LogP contribution in [-0.4, -0.2) is 9.17 Å². The summed E-state index contributed by atoms with van der Waals surface area (Å²) < 4.78 is 0.0178. The van der Waals surface area contributed by atoms with E-state index >= 15 is 0 Å². The molecular weight excluding hydrogens is 250 g/mol. The zero-order valence-corrected chi connectivity index (χ0v) is 8.28. The van der Waals surface area contributed by atoms with Crippen molar-refractivity contribution >= 4 is 39.4 Å². The molecule has 1 nitrogen and oxygen atoms in total. The van der Waals surface area contributed by atoms with E-state index in [1.807, 2.05) is 0 Å². The van der Waals surface area contributed by atoms with Gasteiger partial charge in [-0.3, -0.25) is 4.79 Å². The summed E-state index contributed by atoms with van der Waals surface area (Å²) in [5.41, 5.74) is 0. The quantitative estimate of drug-likeness (QED) is 0.431. The molecule has 0 aromatic carbocycles. The Balaban J connectivity index is 3.27. The Morgan fingerprint density at radius 2 is 2.33 bits per heavy atom. The molecule has 0 aliphatic rings. The number of halogens is 2. The largest absolute Gasteiger partial charge is 0.280 e. The highest BCUT2D eigenvalue weighted by molar-refractivity contribution is 14.1.